The maximum atomic E-state index is 9.75. The lowest BCUT2D eigenvalue weighted by Gasteiger charge is -2.29. The summed E-state index contributed by atoms with van der Waals surface area (Å²) in [6, 6.07) is -0.248. The summed E-state index contributed by atoms with van der Waals surface area (Å²) in [5.74, 6) is 0. The lowest BCUT2D eigenvalue weighted by molar-refractivity contribution is -0.0349. The number of hydrogen-bond acceptors (Lipinski definition) is 4. The van der Waals surface area contributed by atoms with Crippen LogP contribution < -0.4 is 11.5 Å². The molecule has 0 aromatic rings. The molecule has 0 heterocycles. The van der Waals surface area contributed by atoms with Gasteiger partial charge in [0.2, 0.25) is 0 Å². The fourth-order valence-electron chi connectivity index (χ4n) is 1.41. The van der Waals surface area contributed by atoms with E-state index in [0.29, 0.717) is 12.8 Å². The highest BCUT2D eigenvalue weighted by Gasteiger charge is 2.28. The lowest BCUT2D eigenvalue weighted by Crippen LogP contribution is -2.43. The molecule has 0 rings (SSSR count). The van der Waals surface area contributed by atoms with E-state index in [9.17, 15) is 5.11 Å². The highest BCUT2D eigenvalue weighted by molar-refractivity contribution is 4.83. The molecule has 0 aromatic carbocycles. The van der Waals surface area contributed by atoms with E-state index in [4.69, 9.17) is 16.6 Å². The summed E-state index contributed by atoms with van der Waals surface area (Å²) in [7, 11) is 0. The molecule has 0 amide bonds. The van der Waals surface area contributed by atoms with E-state index in [1.807, 2.05) is 0 Å². The Morgan fingerprint density at radius 1 is 1.17 bits per heavy atom. The molecule has 0 saturated carbocycles. The Balaban J connectivity index is 4.04. The van der Waals surface area contributed by atoms with Crippen LogP contribution in [0.5, 0.6) is 0 Å². The van der Waals surface area contributed by atoms with Crippen molar-refractivity contribution >= 4 is 0 Å². The van der Waals surface area contributed by atoms with Gasteiger partial charge in [0.05, 0.1) is 12.2 Å². The smallest absolute Gasteiger partial charge is 0.0906 e. The van der Waals surface area contributed by atoms with Crippen molar-refractivity contribution in [3.05, 3.63) is 0 Å². The lowest BCUT2D eigenvalue weighted by atomic mass is 9.90. The van der Waals surface area contributed by atoms with Crippen molar-refractivity contribution in [1.29, 1.82) is 0 Å². The van der Waals surface area contributed by atoms with Gasteiger partial charge in [-0.3, -0.25) is 0 Å². The standard InChI is InChI=1S/C8H20N2O2/c1-6(9)3-8(12,5-11)4-7(2)10/h6-7,11-12H,3-5,9-10H2,1-2H3. The van der Waals surface area contributed by atoms with Crippen LogP contribution in [0.3, 0.4) is 0 Å². The Hall–Kier alpha value is -0.160. The first-order valence-electron chi connectivity index (χ1n) is 4.24. The average molecular weight is 176 g/mol. The van der Waals surface area contributed by atoms with Crippen molar-refractivity contribution in [3.8, 4) is 0 Å². The molecule has 0 saturated heterocycles. The molecule has 0 aromatic heterocycles. The molecule has 0 aliphatic heterocycles. The molecular weight excluding hydrogens is 156 g/mol. The number of aliphatic hydroxyl groups excluding tert-OH is 1. The van der Waals surface area contributed by atoms with E-state index in [-0.39, 0.29) is 18.7 Å². The molecule has 0 aliphatic rings. The van der Waals surface area contributed by atoms with Crippen LogP contribution in [0.2, 0.25) is 0 Å². The van der Waals surface area contributed by atoms with E-state index in [1.54, 1.807) is 13.8 Å². The molecule has 74 valence electrons. The van der Waals surface area contributed by atoms with E-state index >= 15 is 0 Å². The molecule has 0 radical (unpaired) electrons. The molecule has 0 aliphatic carbocycles. The Bertz CT molecular complexity index is 116. The summed E-state index contributed by atoms with van der Waals surface area (Å²) < 4.78 is 0. The molecule has 0 bridgehead atoms. The van der Waals surface area contributed by atoms with Crippen molar-refractivity contribution < 1.29 is 10.2 Å². The summed E-state index contributed by atoms with van der Waals surface area (Å²) in [4.78, 5) is 0. The Morgan fingerprint density at radius 2 is 1.50 bits per heavy atom. The largest absolute Gasteiger partial charge is 0.393 e. The van der Waals surface area contributed by atoms with Crippen LogP contribution in [0.4, 0.5) is 0 Å². The molecule has 12 heavy (non-hydrogen) atoms. The minimum atomic E-state index is -1.11. The second-order valence-corrected chi connectivity index (χ2v) is 3.75. The van der Waals surface area contributed by atoms with Crippen LogP contribution in [0.15, 0.2) is 0 Å². The minimum Gasteiger partial charge on any atom is -0.393 e. The molecule has 0 spiro atoms. The van der Waals surface area contributed by atoms with Gasteiger partial charge in [-0.15, -0.1) is 0 Å². The summed E-state index contributed by atoms with van der Waals surface area (Å²) in [5.41, 5.74) is 9.93. The van der Waals surface area contributed by atoms with E-state index in [0.717, 1.165) is 0 Å². The van der Waals surface area contributed by atoms with Crippen LogP contribution in [0.25, 0.3) is 0 Å². The Kier molecular flexibility index (Phi) is 4.70. The quantitative estimate of drug-likeness (QED) is 0.440. The van der Waals surface area contributed by atoms with Crippen LogP contribution in [0, 0.1) is 0 Å². The van der Waals surface area contributed by atoms with Crippen molar-refractivity contribution in [2.75, 3.05) is 6.61 Å². The second-order valence-electron chi connectivity index (χ2n) is 3.75. The third-order valence-corrected chi connectivity index (χ3v) is 1.70. The molecular formula is C8H20N2O2. The average Bonchev–Trinajstić information content (AvgIpc) is 1.83. The van der Waals surface area contributed by atoms with Crippen molar-refractivity contribution in [3.63, 3.8) is 0 Å². The maximum Gasteiger partial charge on any atom is 0.0906 e. The van der Waals surface area contributed by atoms with Gasteiger partial charge in [0.15, 0.2) is 0 Å². The van der Waals surface area contributed by atoms with Gasteiger partial charge in [-0.05, 0) is 26.7 Å². The van der Waals surface area contributed by atoms with Crippen LogP contribution >= 0.6 is 0 Å². The first-order chi connectivity index (χ1) is 5.39. The fourth-order valence-corrected chi connectivity index (χ4v) is 1.41. The van der Waals surface area contributed by atoms with Gasteiger partial charge in [-0.1, -0.05) is 0 Å². The monoisotopic (exact) mass is 176 g/mol. The molecule has 4 nitrogen and oxygen atoms in total. The molecule has 6 N–H and O–H groups in total. The van der Waals surface area contributed by atoms with E-state index < -0.39 is 5.60 Å². The van der Waals surface area contributed by atoms with Crippen LogP contribution in [-0.4, -0.2) is 34.5 Å². The molecule has 2 atom stereocenters. The van der Waals surface area contributed by atoms with Gasteiger partial charge in [0, 0.05) is 12.1 Å². The highest BCUT2D eigenvalue weighted by Crippen LogP contribution is 2.17. The SMILES string of the molecule is CC(N)CC(O)(CO)CC(C)N. The first kappa shape index (κ1) is 11.8. The predicted octanol–water partition coefficient (Wildman–Crippen LogP) is -0.816. The third kappa shape index (κ3) is 4.66. The molecule has 4 heteroatoms. The number of aliphatic hydroxyl groups is 2. The molecule has 0 fully saturated rings. The zero-order chi connectivity index (χ0) is 9.78. The third-order valence-electron chi connectivity index (χ3n) is 1.70. The fraction of sp³-hybridized carbons (Fsp3) is 1.00. The summed E-state index contributed by atoms with van der Waals surface area (Å²) in [5, 5.41) is 18.7. The number of hydrogen-bond donors (Lipinski definition) is 4. The van der Waals surface area contributed by atoms with Crippen LogP contribution in [-0.2, 0) is 0 Å². The topological polar surface area (TPSA) is 92.5 Å². The Morgan fingerprint density at radius 3 is 1.67 bits per heavy atom. The number of rotatable bonds is 5. The summed E-state index contributed by atoms with van der Waals surface area (Å²) in [6.45, 7) is 3.31. The van der Waals surface area contributed by atoms with Crippen molar-refractivity contribution in [2.24, 2.45) is 11.5 Å². The normalized spacial score (nSPS) is 21.5. The maximum absolute atomic E-state index is 9.75. The van der Waals surface area contributed by atoms with Gasteiger partial charge in [-0.2, -0.15) is 0 Å². The minimum absolute atomic E-state index is 0.124. The Labute approximate surface area is 73.6 Å². The van der Waals surface area contributed by atoms with Gasteiger partial charge in [-0.25, -0.2) is 0 Å². The summed E-state index contributed by atoms with van der Waals surface area (Å²) in [6.07, 6.45) is 0.760. The number of nitrogens with two attached hydrogens (primary N) is 2. The van der Waals surface area contributed by atoms with Gasteiger partial charge < -0.3 is 21.7 Å². The van der Waals surface area contributed by atoms with Crippen LogP contribution in [0.1, 0.15) is 26.7 Å². The second kappa shape index (κ2) is 4.77. The van der Waals surface area contributed by atoms with Gasteiger partial charge in [0.1, 0.15) is 0 Å². The summed E-state index contributed by atoms with van der Waals surface area (Å²) >= 11 is 0. The zero-order valence-corrected chi connectivity index (χ0v) is 7.83. The first-order valence-corrected chi connectivity index (χ1v) is 4.24. The zero-order valence-electron chi connectivity index (χ0n) is 7.83. The van der Waals surface area contributed by atoms with E-state index in [2.05, 4.69) is 0 Å². The van der Waals surface area contributed by atoms with Crippen molar-refractivity contribution in [1.82, 2.24) is 0 Å². The van der Waals surface area contributed by atoms with Gasteiger partial charge >= 0.3 is 0 Å². The predicted molar refractivity (Wildman–Crippen MR) is 48.6 cm³/mol. The van der Waals surface area contributed by atoms with Gasteiger partial charge in [0.25, 0.3) is 0 Å². The van der Waals surface area contributed by atoms with Crippen molar-refractivity contribution in [2.45, 2.75) is 44.4 Å². The van der Waals surface area contributed by atoms with E-state index in [1.165, 1.54) is 0 Å². The highest BCUT2D eigenvalue weighted by atomic mass is 16.3. The molecule has 2 unspecified atom stereocenters.